The standard InChI is InChI=1S/C13H14FNO2S/c1-9(16)18-8-10-6-13(17)15(7-10)12-4-2-11(14)3-5-12/h2-5,10H,6-8H2,1H3. The first kappa shape index (κ1) is 13.1. The van der Waals surface area contributed by atoms with Crippen LogP contribution in [0.15, 0.2) is 24.3 Å². The van der Waals surface area contributed by atoms with Crippen LogP contribution < -0.4 is 4.90 Å². The lowest BCUT2D eigenvalue weighted by atomic mass is 10.1. The molecule has 5 heteroatoms. The number of hydrogen-bond acceptors (Lipinski definition) is 3. The number of thioether (sulfide) groups is 1. The summed E-state index contributed by atoms with van der Waals surface area (Å²) in [5.74, 6) is 0.583. The molecule has 2 rings (SSSR count). The van der Waals surface area contributed by atoms with Gasteiger partial charge >= 0.3 is 0 Å². The van der Waals surface area contributed by atoms with E-state index in [1.165, 1.54) is 30.8 Å². The van der Waals surface area contributed by atoms with E-state index in [1.807, 2.05) is 0 Å². The SMILES string of the molecule is CC(=O)SCC1CC(=O)N(c2ccc(F)cc2)C1. The highest BCUT2D eigenvalue weighted by atomic mass is 32.2. The smallest absolute Gasteiger partial charge is 0.227 e. The molecular weight excluding hydrogens is 253 g/mol. The van der Waals surface area contributed by atoms with Gasteiger partial charge in [-0.1, -0.05) is 11.8 Å². The third-order valence-corrected chi connectivity index (χ3v) is 3.91. The van der Waals surface area contributed by atoms with Crippen molar-refractivity contribution in [3.05, 3.63) is 30.1 Å². The fraction of sp³-hybridized carbons (Fsp3) is 0.385. The topological polar surface area (TPSA) is 37.4 Å². The molecule has 1 saturated heterocycles. The van der Waals surface area contributed by atoms with Crippen LogP contribution in [0.2, 0.25) is 0 Å². The summed E-state index contributed by atoms with van der Waals surface area (Å²) < 4.78 is 12.8. The molecule has 0 N–H and O–H groups in total. The minimum absolute atomic E-state index is 0.0377. The van der Waals surface area contributed by atoms with Gasteiger partial charge in [-0.2, -0.15) is 0 Å². The zero-order valence-electron chi connectivity index (χ0n) is 10.1. The van der Waals surface area contributed by atoms with E-state index in [1.54, 1.807) is 17.0 Å². The first-order chi connectivity index (χ1) is 8.56. The first-order valence-electron chi connectivity index (χ1n) is 5.75. The van der Waals surface area contributed by atoms with E-state index >= 15 is 0 Å². The summed E-state index contributed by atoms with van der Waals surface area (Å²) in [6.07, 6.45) is 0.456. The molecule has 1 unspecified atom stereocenters. The molecule has 1 fully saturated rings. The van der Waals surface area contributed by atoms with Gasteiger partial charge in [0.05, 0.1) is 0 Å². The van der Waals surface area contributed by atoms with Gasteiger partial charge in [-0.25, -0.2) is 4.39 Å². The van der Waals surface area contributed by atoms with Crippen molar-refractivity contribution in [3.63, 3.8) is 0 Å². The van der Waals surface area contributed by atoms with Gasteiger partial charge in [0.15, 0.2) is 5.12 Å². The number of carbonyl (C=O) groups excluding carboxylic acids is 2. The van der Waals surface area contributed by atoms with Gasteiger partial charge in [-0.15, -0.1) is 0 Å². The average Bonchev–Trinajstić information content (AvgIpc) is 2.69. The molecule has 1 aliphatic rings. The highest BCUT2D eigenvalue weighted by Crippen LogP contribution is 2.27. The molecule has 0 aliphatic carbocycles. The van der Waals surface area contributed by atoms with Gasteiger partial charge in [0.1, 0.15) is 5.82 Å². The number of anilines is 1. The van der Waals surface area contributed by atoms with Crippen molar-refractivity contribution in [3.8, 4) is 0 Å². The highest BCUT2D eigenvalue weighted by molar-refractivity contribution is 8.13. The number of hydrogen-bond donors (Lipinski definition) is 0. The fourth-order valence-electron chi connectivity index (χ4n) is 2.00. The second-order valence-electron chi connectivity index (χ2n) is 4.35. The van der Waals surface area contributed by atoms with Gasteiger partial charge < -0.3 is 4.90 Å². The summed E-state index contributed by atoms with van der Waals surface area (Å²) in [5.41, 5.74) is 0.719. The van der Waals surface area contributed by atoms with Gasteiger partial charge in [-0.3, -0.25) is 9.59 Å². The number of carbonyl (C=O) groups is 2. The Hall–Kier alpha value is -1.36. The van der Waals surface area contributed by atoms with Crippen molar-refractivity contribution in [2.24, 2.45) is 5.92 Å². The monoisotopic (exact) mass is 267 g/mol. The van der Waals surface area contributed by atoms with E-state index in [9.17, 15) is 14.0 Å². The van der Waals surface area contributed by atoms with Crippen LogP contribution in [0.1, 0.15) is 13.3 Å². The van der Waals surface area contributed by atoms with Crippen LogP contribution in [-0.4, -0.2) is 23.3 Å². The molecule has 1 atom stereocenters. The predicted molar refractivity (Wildman–Crippen MR) is 70.0 cm³/mol. The Labute approximate surface area is 109 Å². The predicted octanol–water partition coefficient (Wildman–Crippen LogP) is 2.46. The maximum atomic E-state index is 12.8. The first-order valence-corrected chi connectivity index (χ1v) is 6.74. The average molecular weight is 267 g/mol. The Morgan fingerprint density at radius 1 is 1.44 bits per heavy atom. The van der Waals surface area contributed by atoms with Crippen molar-refractivity contribution in [2.75, 3.05) is 17.2 Å². The lowest BCUT2D eigenvalue weighted by Gasteiger charge is -2.16. The summed E-state index contributed by atoms with van der Waals surface area (Å²) >= 11 is 1.25. The van der Waals surface area contributed by atoms with Crippen LogP contribution in [0.25, 0.3) is 0 Å². The number of nitrogens with zero attached hydrogens (tertiary/aromatic N) is 1. The Bertz CT molecular complexity index is 461. The Morgan fingerprint density at radius 2 is 2.11 bits per heavy atom. The maximum absolute atomic E-state index is 12.8. The van der Waals surface area contributed by atoms with Crippen molar-refractivity contribution in [1.82, 2.24) is 0 Å². The fourth-order valence-corrected chi connectivity index (χ4v) is 2.69. The lowest BCUT2D eigenvalue weighted by molar-refractivity contribution is -0.117. The second-order valence-corrected chi connectivity index (χ2v) is 5.55. The Balaban J connectivity index is 2.00. The quantitative estimate of drug-likeness (QED) is 0.844. The van der Waals surface area contributed by atoms with Gasteiger partial charge in [0.25, 0.3) is 0 Å². The largest absolute Gasteiger partial charge is 0.312 e. The number of amides is 1. The maximum Gasteiger partial charge on any atom is 0.227 e. The molecule has 18 heavy (non-hydrogen) atoms. The van der Waals surface area contributed by atoms with Crippen LogP contribution >= 0.6 is 11.8 Å². The molecule has 1 aromatic carbocycles. The van der Waals surface area contributed by atoms with E-state index in [2.05, 4.69) is 0 Å². The highest BCUT2D eigenvalue weighted by Gasteiger charge is 2.30. The van der Waals surface area contributed by atoms with E-state index in [-0.39, 0.29) is 22.8 Å². The molecule has 0 radical (unpaired) electrons. The van der Waals surface area contributed by atoms with Crippen molar-refractivity contribution in [1.29, 1.82) is 0 Å². The number of halogens is 1. The Kier molecular flexibility index (Phi) is 4.01. The van der Waals surface area contributed by atoms with Gasteiger partial charge in [-0.05, 0) is 30.2 Å². The van der Waals surface area contributed by atoms with E-state index in [0.717, 1.165) is 5.69 Å². The third-order valence-electron chi connectivity index (χ3n) is 2.87. The molecular formula is C13H14FNO2S. The van der Waals surface area contributed by atoms with Gasteiger partial charge in [0, 0.05) is 31.3 Å². The third kappa shape index (κ3) is 3.10. The van der Waals surface area contributed by atoms with Crippen molar-refractivity contribution in [2.45, 2.75) is 13.3 Å². The molecule has 0 aromatic heterocycles. The summed E-state index contributed by atoms with van der Waals surface area (Å²) in [5, 5.41) is 0.0719. The summed E-state index contributed by atoms with van der Waals surface area (Å²) in [4.78, 5) is 24.4. The molecule has 0 saturated carbocycles. The van der Waals surface area contributed by atoms with Gasteiger partial charge in [0.2, 0.25) is 5.91 Å². The van der Waals surface area contributed by atoms with Crippen LogP contribution in [-0.2, 0) is 9.59 Å². The van der Waals surface area contributed by atoms with Crippen molar-refractivity contribution < 1.29 is 14.0 Å². The molecule has 96 valence electrons. The number of rotatable bonds is 3. The van der Waals surface area contributed by atoms with E-state index in [0.29, 0.717) is 18.7 Å². The van der Waals surface area contributed by atoms with Crippen LogP contribution in [0.4, 0.5) is 10.1 Å². The zero-order valence-corrected chi connectivity index (χ0v) is 10.9. The van der Waals surface area contributed by atoms with Crippen LogP contribution in [0.3, 0.4) is 0 Å². The normalized spacial score (nSPS) is 19.3. The number of benzene rings is 1. The molecule has 1 amide bonds. The minimum Gasteiger partial charge on any atom is -0.312 e. The zero-order chi connectivity index (χ0) is 13.1. The van der Waals surface area contributed by atoms with Crippen LogP contribution in [0.5, 0.6) is 0 Å². The van der Waals surface area contributed by atoms with Crippen molar-refractivity contribution >= 4 is 28.5 Å². The molecule has 0 bridgehead atoms. The molecule has 1 aromatic rings. The molecule has 0 spiro atoms. The van der Waals surface area contributed by atoms with E-state index in [4.69, 9.17) is 0 Å². The van der Waals surface area contributed by atoms with E-state index < -0.39 is 0 Å². The lowest BCUT2D eigenvalue weighted by Crippen LogP contribution is -2.24. The minimum atomic E-state index is -0.311. The molecule has 3 nitrogen and oxygen atoms in total. The Morgan fingerprint density at radius 3 is 2.72 bits per heavy atom. The summed E-state index contributed by atoms with van der Waals surface area (Å²) in [6, 6.07) is 5.90. The summed E-state index contributed by atoms with van der Waals surface area (Å²) in [7, 11) is 0. The second kappa shape index (κ2) is 5.52. The van der Waals surface area contributed by atoms with Crippen LogP contribution in [0, 0.1) is 11.7 Å². The summed E-state index contributed by atoms with van der Waals surface area (Å²) in [6.45, 7) is 2.13. The molecule has 1 heterocycles. The molecule has 1 aliphatic heterocycles.